The number of hydrogen-bond acceptors (Lipinski definition) is 5. The molecule has 6 heteroatoms. The van der Waals surface area contributed by atoms with Crippen LogP contribution in [0.1, 0.15) is 21.5 Å². The van der Waals surface area contributed by atoms with Gasteiger partial charge in [0.2, 0.25) is 0 Å². The van der Waals surface area contributed by atoms with Crippen molar-refractivity contribution in [3.8, 4) is 0 Å². The molecule has 3 rings (SSSR count). The van der Waals surface area contributed by atoms with E-state index in [1.165, 1.54) is 18.2 Å². The number of rotatable bonds is 3. The number of anilines is 1. The Morgan fingerprint density at radius 1 is 1.21 bits per heavy atom. The molecule has 0 atom stereocenters. The first kappa shape index (κ1) is 16.1. The lowest BCUT2D eigenvalue weighted by Crippen LogP contribution is -2.10. The normalized spacial score (nSPS) is 10.8. The second-order valence-electron chi connectivity index (χ2n) is 5.40. The largest absolute Gasteiger partial charge is 0.457 e. The van der Waals surface area contributed by atoms with Gasteiger partial charge in [0, 0.05) is 27.7 Å². The van der Waals surface area contributed by atoms with Crippen molar-refractivity contribution >= 4 is 34.2 Å². The van der Waals surface area contributed by atoms with Crippen molar-refractivity contribution < 1.29 is 13.9 Å². The summed E-state index contributed by atoms with van der Waals surface area (Å²) in [4.78, 5) is 23.9. The molecule has 0 bridgehead atoms. The van der Waals surface area contributed by atoms with Crippen molar-refractivity contribution in [1.82, 2.24) is 0 Å². The molecule has 0 aliphatic heterocycles. The molecule has 0 unspecified atom stereocenters. The fourth-order valence-corrected chi connectivity index (χ4v) is 2.55. The topological polar surface area (TPSA) is 82.5 Å². The molecule has 0 saturated carbocycles. The standard InChI is InChI=1S/C18H14ClNO4/c1-10-2-4-13-11(7-17(21)24-16(13)6-10)9-23-18(22)14-8-12(19)3-5-15(14)20/h2-8H,9,20H2,1H3. The van der Waals surface area contributed by atoms with E-state index in [2.05, 4.69) is 0 Å². The Bertz CT molecular complexity index is 994. The van der Waals surface area contributed by atoms with Crippen molar-refractivity contribution in [2.45, 2.75) is 13.5 Å². The van der Waals surface area contributed by atoms with Crippen LogP contribution in [0.3, 0.4) is 0 Å². The summed E-state index contributed by atoms with van der Waals surface area (Å²) in [5.74, 6) is -0.608. The number of nitrogen functional groups attached to an aromatic ring is 1. The minimum atomic E-state index is -0.608. The molecule has 0 spiro atoms. The smallest absolute Gasteiger partial charge is 0.340 e. The van der Waals surface area contributed by atoms with E-state index in [9.17, 15) is 9.59 Å². The summed E-state index contributed by atoms with van der Waals surface area (Å²) in [6.45, 7) is 1.82. The molecule has 0 fully saturated rings. The van der Waals surface area contributed by atoms with Gasteiger partial charge in [0.1, 0.15) is 12.2 Å². The molecular weight excluding hydrogens is 330 g/mol. The number of fused-ring (bicyclic) bond motifs is 1. The van der Waals surface area contributed by atoms with Crippen LogP contribution >= 0.6 is 11.6 Å². The minimum Gasteiger partial charge on any atom is -0.457 e. The molecule has 5 nitrogen and oxygen atoms in total. The molecule has 24 heavy (non-hydrogen) atoms. The molecule has 2 aromatic carbocycles. The number of carbonyl (C=O) groups excluding carboxylic acids is 1. The summed E-state index contributed by atoms with van der Waals surface area (Å²) in [6, 6.07) is 11.4. The molecular formula is C18H14ClNO4. The monoisotopic (exact) mass is 343 g/mol. The van der Waals surface area contributed by atoms with Gasteiger partial charge < -0.3 is 14.9 Å². The van der Waals surface area contributed by atoms with Crippen molar-refractivity contribution in [3.05, 3.63) is 74.6 Å². The summed E-state index contributed by atoms with van der Waals surface area (Å²) in [5, 5.41) is 1.10. The molecule has 3 aromatic rings. The first-order chi connectivity index (χ1) is 11.4. The van der Waals surface area contributed by atoms with Crippen LogP contribution in [0.25, 0.3) is 11.0 Å². The highest BCUT2D eigenvalue weighted by Crippen LogP contribution is 2.22. The third-order valence-electron chi connectivity index (χ3n) is 3.58. The zero-order valence-electron chi connectivity index (χ0n) is 12.8. The molecule has 0 saturated heterocycles. The predicted molar refractivity (Wildman–Crippen MR) is 92.2 cm³/mol. The number of halogens is 1. The number of aryl methyl sites for hydroxylation is 1. The second-order valence-corrected chi connectivity index (χ2v) is 5.83. The van der Waals surface area contributed by atoms with Gasteiger partial charge in [-0.3, -0.25) is 0 Å². The van der Waals surface area contributed by atoms with Crippen LogP contribution in [0.2, 0.25) is 5.02 Å². The lowest BCUT2D eigenvalue weighted by molar-refractivity contribution is 0.0475. The van der Waals surface area contributed by atoms with E-state index in [1.807, 2.05) is 19.1 Å². The zero-order chi connectivity index (χ0) is 17.3. The molecule has 0 amide bonds. The minimum absolute atomic E-state index is 0.0735. The van der Waals surface area contributed by atoms with Crippen LogP contribution in [-0.4, -0.2) is 5.97 Å². The van der Waals surface area contributed by atoms with E-state index in [0.29, 0.717) is 21.6 Å². The molecule has 0 radical (unpaired) electrons. The average Bonchev–Trinajstić information content (AvgIpc) is 2.54. The summed E-state index contributed by atoms with van der Waals surface area (Å²) in [7, 11) is 0. The van der Waals surface area contributed by atoms with E-state index in [1.54, 1.807) is 12.1 Å². The molecule has 1 aromatic heterocycles. The van der Waals surface area contributed by atoms with Gasteiger partial charge in [-0.25, -0.2) is 9.59 Å². The van der Waals surface area contributed by atoms with E-state index >= 15 is 0 Å². The van der Waals surface area contributed by atoms with Crippen molar-refractivity contribution in [2.75, 3.05) is 5.73 Å². The Labute approximate surface area is 142 Å². The van der Waals surface area contributed by atoms with Gasteiger partial charge in [-0.2, -0.15) is 0 Å². The number of benzene rings is 2. The van der Waals surface area contributed by atoms with Gasteiger partial charge in [-0.15, -0.1) is 0 Å². The first-order valence-corrected chi connectivity index (χ1v) is 7.57. The quantitative estimate of drug-likeness (QED) is 0.445. The molecule has 2 N–H and O–H groups in total. The van der Waals surface area contributed by atoms with Crippen LogP contribution < -0.4 is 11.4 Å². The van der Waals surface area contributed by atoms with E-state index < -0.39 is 11.6 Å². The molecule has 0 aliphatic carbocycles. The Kier molecular flexibility index (Phi) is 4.27. The van der Waals surface area contributed by atoms with E-state index in [-0.39, 0.29) is 17.9 Å². The van der Waals surface area contributed by atoms with Crippen LogP contribution in [0.5, 0.6) is 0 Å². The Morgan fingerprint density at radius 3 is 2.79 bits per heavy atom. The van der Waals surface area contributed by atoms with E-state index in [0.717, 1.165) is 5.56 Å². The maximum atomic E-state index is 12.2. The Balaban J connectivity index is 1.89. The van der Waals surface area contributed by atoms with Crippen LogP contribution in [0, 0.1) is 6.92 Å². The average molecular weight is 344 g/mol. The highest BCUT2D eigenvalue weighted by atomic mass is 35.5. The van der Waals surface area contributed by atoms with Gasteiger partial charge in [0.05, 0.1) is 5.56 Å². The maximum absolute atomic E-state index is 12.2. The van der Waals surface area contributed by atoms with Gasteiger partial charge in [-0.05, 0) is 36.8 Å². The summed E-state index contributed by atoms with van der Waals surface area (Å²) in [5.41, 5.74) is 7.71. The highest BCUT2D eigenvalue weighted by Gasteiger charge is 2.14. The van der Waals surface area contributed by atoms with Gasteiger partial charge in [0.15, 0.2) is 0 Å². The number of ether oxygens (including phenoxy) is 1. The first-order valence-electron chi connectivity index (χ1n) is 7.19. The summed E-state index contributed by atoms with van der Waals surface area (Å²) < 4.78 is 10.5. The predicted octanol–water partition coefficient (Wildman–Crippen LogP) is 3.69. The fraction of sp³-hybridized carbons (Fsp3) is 0.111. The van der Waals surface area contributed by atoms with E-state index in [4.69, 9.17) is 26.5 Å². The fourth-order valence-electron chi connectivity index (χ4n) is 2.38. The molecule has 0 aliphatic rings. The van der Waals surface area contributed by atoms with Crippen LogP contribution in [-0.2, 0) is 11.3 Å². The zero-order valence-corrected chi connectivity index (χ0v) is 13.6. The summed E-state index contributed by atoms with van der Waals surface area (Å²) >= 11 is 5.87. The number of esters is 1. The highest BCUT2D eigenvalue weighted by molar-refractivity contribution is 6.31. The van der Waals surface area contributed by atoms with Gasteiger partial charge >= 0.3 is 11.6 Å². The van der Waals surface area contributed by atoms with Crippen molar-refractivity contribution in [3.63, 3.8) is 0 Å². The lowest BCUT2D eigenvalue weighted by atomic mass is 10.1. The Morgan fingerprint density at radius 2 is 2.00 bits per heavy atom. The molecule has 122 valence electrons. The maximum Gasteiger partial charge on any atom is 0.340 e. The number of hydrogen-bond donors (Lipinski definition) is 1. The second kappa shape index (κ2) is 6.37. The van der Waals surface area contributed by atoms with Crippen molar-refractivity contribution in [1.29, 1.82) is 0 Å². The SMILES string of the molecule is Cc1ccc2c(COC(=O)c3cc(Cl)ccc3N)cc(=O)oc2c1. The molecule has 1 heterocycles. The Hall–Kier alpha value is -2.79. The van der Waals surface area contributed by atoms with Gasteiger partial charge in [0.25, 0.3) is 0 Å². The van der Waals surface area contributed by atoms with Gasteiger partial charge in [-0.1, -0.05) is 23.7 Å². The number of nitrogens with two attached hydrogens (primary N) is 1. The lowest BCUT2D eigenvalue weighted by Gasteiger charge is -2.09. The van der Waals surface area contributed by atoms with Crippen molar-refractivity contribution in [2.24, 2.45) is 0 Å². The summed E-state index contributed by atoms with van der Waals surface area (Å²) in [6.07, 6.45) is 0. The third kappa shape index (κ3) is 3.26. The van der Waals surface area contributed by atoms with Crippen LogP contribution in [0.4, 0.5) is 5.69 Å². The van der Waals surface area contributed by atoms with Crippen LogP contribution in [0.15, 0.2) is 51.7 Å². The third-order valence-corrected chi connectivity index (χ3v) is 3.81. The number of carbonyl (C=O) groups is 1.